The molecule has 0 amide bonds. The molecule has 2 aliphatic heterocycles. The maximum Gasteiger partial charge on any atom is 0.338 e. The van der Waals surface area contributed by atoms with Crippen molar-refractivity contribution in [3.63, 3.8) is 0 Å². The minimum Gasteiger partial charge on any atom is -0.463 e. The van der Waals surface area contributed by atoms with Crippen molar-refractivity contribution in [3.8, 4) is 0 Å². The number of nitrogens with zero attached hydrogens (tertiary/aromatic N) is 5. The number of allylic oxidation sites excluding steroid dienone is 1. The number of hydrogen-bond acceptors (Lipinski definition) is 9. The predicted octanol–water partition coefficient (Wildman–Crippen LogP) is 3.58. The van der Waals surface area contributed by atoms with Gasteiger partial charge in [0.25, 0.3) is 11.2 Å². The Hall–Kier alpha value is -4.09. The normalized spacial score (nSPS) is 17.8. The lowest BCUT2D eigenvalue weighted by molar-refractivity contribution is -0.384. The van der Waals surface area contributed by atoms with E-state index in [4.69, 9.17) is 4.74 Å². The highest BCUT2D eigenvalue weighted by atomic mass is 32.1. The number of nitro groups is 1. The molecule has 0 spiro atoms. The third-order valence-electron chi connectivity index (χ3n) is 7.79. The monoisotopic (exact) mass is 589 g/mol. The first-order valence-corrected chi connectivity index (χ1v) is 14.9. The summed E-state index contributed by atoms with van der Waals surface area (Å²) in [4.78, 5) is 48.1. The highest BCUT2D eigenvalue weighted by Gasteiger charge is 2.33. The van der Waals surface area contributed by atoms with Crippen molar-refractivity contribution in [3.05, 3.63) is 100 Å². The smallest absolute Gasteiger partial charge is 0.338 e. The zero-order chi connectivity index (χ0) is 30.1. The summed E-state index contributed by atoms with van der Waals surface area (Å²) in [5.41, 5.74) is 3.80. The number of aromatic nitrogens is 1. The number of ether oxygens (including phenoxy) is 1. The van der Waals surface area contributed by atoms with Crippen molar-refractivity contribution < 1.29 is 14.5 Å². The van der Waals surface area contributed by atoms with Gasteiger partial charge in [0.05, 0.1) is 33.4 Å². The van der Waals surface area contributed by atoms with Crippen LogP contribution >= 0.6 is 11.3 Å². The average molecular weight is 590 g/mol. The summed E-state index contributed by atoms with van der Waals surface area (Å²) >= 11 is 1.21. The van der Waals surface area contributed by atoms with E-state index in [1.54, 1.807) is 30.6 Å². The Bertz CT molecular complexity index is 1730. The number of anilines is 1. The van der Waals surface area contributed by atoms with Crippen LogP contribution in [0.1, 0.15) is 56.3 Å². The van der Waals surface area contributed by atoms with Crippen LogP contribution in [0.5, 0.6) is 0 Å². The van der Waals surface area contributed by atoms with Gasteiger partial charge in [0.1, 0.15) is 0 Å². The highest BCUT2D eigenvalue weighted by Crippen LogP contribution is 2.32. The summed E-state index contributed by atoms with van der Waals surface area (Å²) < 4.78 is 7.33. The summed E-state index contributed by atoms with van der Waals surface area (Å²) in [7, 11) is 2.06. The Labute approximate surface area is 248 Å². The van der Waals surface area contributed by atoms with Gasteiger partial charge in [-0.1, -0.05) is 49.4 Å². The fraction of sp³-hybridized carbons (Fsp3) is 0.387. The molecule has 2 aliphatic rings. The lowest BCUT2D eigenvalue weighted by Gasteiger charge is -2.34. The van der Waals surface area contributed by atoms with Gasteiger partial charge in [-0.3, -0.25) is 19.5 Å². The maximum atomic E-state index is 14.1. The number of piperazine rings is 1. The molecular weight excluding hydrogens is 554 g/mol. The molecule has 10 nitrogen and oxygen atoms in total. The molecule has 3 aromatic rings. The first-order chi connectivity index (χ1) is 20.1. The number of likely N-dealkylation sites (N-methyl/N-ethyl adjacent to an activating group) is 1. The van der Waals surface area contributed by atoms with Gasteiger partial charge in [-0.15, -0.1) is 0 Å². The number of carbonyl (C=O) groups excluding carboxylic acids is 1. The largest absolute Gasteiger partial charge is 0.463 e. The Kier molecular flexibility index (Phi) is 8.42. The van der Waals surface area contributed by atoms with Crippen LogP contribution in [-0.2, 0) is 9.53 Å². The van der Waals surface area contributed by atoms with Gasteiger partial charge < -0.3 is 14.5 Å². The first-order valence-electron chi connectivity index (χ1n) is 14.1. The minimum atomic E-state index is -0.717. The van der Waals surface area contributed by atoms with E-state index in [-0.39, 0.29) is 17.9 Å². The van der Waals surface area contributed by atoms with Gasteiger partial charge in [0, 0.05) is 49.6 Å². The van der Waals surface area contributed by atoms with E-state index < -0.39 is 16.9 Å². The standard InChI is InChI=1S/C31H35N5O5S/c1-6-41-30(38)27-20(4)32-31-35(28(27)22-9-7-21(8-10-22)19(2)3)29(37)26(42-31)18-23-17-24(36(39)40)11-12-25(23)34-15-13-33(5)14-16-34/h7-12,17-19,28H,6,13-16H2,1-5H3/b26-18+. The molecule has 3 heterocycles. The number of nitro benzene ring substituents is 1. The molecule has 0 aliphatic carbocycles. The highest BCUT2D eigenvalue weighted by molar-refractivity contribution is 7.07. The number of carbonyl (C=O) groups is 1. The number of fused-ring (bicyclic) bond motifs is 1. The van der Waals surface area contributed by atoms with Crippen LogP contribution in [0.3, 0.4) is 0 Å². The average Bonchev–Trinajstić information content (AvgIpc) is 3.26. The van der Waals surface area contributed by atoms with Gasteiger partial charge in [0.15, 0.2) is 4.80 Å². The van der Waals surface area contributed by atoms with Gasteiger partial charge in [0.2, 0.25) is 0 Å². The molecule has 42 heavy (non-hydrogen) atoms. The second-order valence-electron chi connectivity index (χ2n) is 10.9. The lowest BCUT2D eigenvalue weighted by Crippen LogP contribution is -2.44. The molecule has 11 heteroatoms. The van der Waals surface area contributed by atoms with Crippen molar-refractivity contribution >= 4 is 34.8 Å². The van der Waals surface area contributed by atoms with Crippen LogP contribution in [0.4, 0.5) is 11.4 Å². The summed E-state index contributed by atoms with van der Waals surface area (Å²) in [5, 5.41) is 11.7. The summed E-state index contributed by atoms with van der Waals surface area (Å²) in [6, 6.07) is 12.0. The van der Waals surface area contributed by atoms with Crippen LogP contribution in [0.2, 0.25) is 0 Å². The van der Waals surface area contributed by atoms with E-state index in [0.29, 0.717) is 32.1 Å². The first kappa shape index (κ1) is 29.4. The summed E-state index contributed by atoms with van der Waals surface area (Å²) in [5.74, 6) is -0.186. The lowest BCUT2D eigenvalue weighted by atomic mass is 9.93. The molecule has 1 aromatic heterocycles. The van der Waals surface area contributed by atoms with Crippen molar-refractivity contribution in [1.29, 1.82) is 0 Å². The molecule has 1 saturated heterocycles. The van der Waals surface area contributed by atoms with Gasteiger partial charge >= 0.3 is 5.97 Å². The number of benzene rings is 2. The third-order valence-corrected chi connectivity index (χ3v) is 8.77. The number of non-ortho nitro benzene ring substituents is 1. The quantitative estimate of drug-likeness (QED) is 0.235. The Morgan fingerprint density at radius 3 is 2.48 bits per heavy atom. The van der Waals surface area contributed by atoms with Crippen molar-refractivity contribution in [2.75, 3.05) is 44.7 Å². The molecule has 1 unspecified atom stereocenters. The SMILES string of the molecule is CCOC(=O)C1=C(C)N=c2s/c(=C/c3cc([N+](=O)[O-])ccc3N3CCN(C)CC3)c(=O)n2C1c1ccc(C(C)C)cc1. The van der Waals surface area contributed by atoms with Gasteiger partial charge in [-0.05, 0) is 50.1 Å². The van der Waals surface area contributed by atoms with Crippen LogP contribution in [-0.4, -0.2) is 60.2 Å². The van der Waals surface area contributed by atoms with E-state index in [1.807, 2.05) is 24.3 Å². The fourth-order valence-corrected chi connectivity index (χ4v) is 6.46. The Balaban J connectivity index is 1.69. The molecule has 0 saturated carbocycles. The van der Waals surface area contributed by atoms with E-state index in [2.05, 4.69) is 35.7 Å². The predicted molar refractivity (Wildman–Crippen MR) is 164 cm³/mol. The molecule has 0 N–H and O–H groups in total. The van der Waals surface area contributed by atoms with Crippen LogP contribution in [0, 0.1) is 10.1 Å². The zero-order valence-corrected chi connectivity index (χ0v) is 25.3. The number of esters is 1. The van der Waals surface area contributed by atoms with Gasteiger partial charge in [-0.2, -0.15) is 0 Å². The minimum absolute atomic E-state index is 0.0459. The second-order valence-corrected chi connectivity index (χ2v) is 11.9. The number of rotatable bonds is 7. The fourth-order valence-electron chi connectivity index (χ4n) is 5.42. The van der Waals surface area contributed by atoms with Crippen molar-refractivity contribution in [2.45, 2.75) is 39.7 Å². The number of thiazole rings is 1. The molecule has 220 valence electrons. The number of hydrogen-bond donors (Lipinski definition) is 0. The zero-order valence-electron chi connectivity index (χ0n) is 24.5. The summed E-state index contributed by atoms with van der Waals surface area (Å²) in [6.45, 7) is 11.2. The Morgan fingerprint density at radius 1 is 1.17 bits per heavy atom. The van der Waals surface area contributed by atoms with E-state index in [0.717, 1.165) is 43.0 Å². The maximum absolute atomic E-state index is 14.1. The van der Waals surface area contributed by atoms with Gasteiger partial charge in [-0.25, -0.2) is 9.79 Å². The van der Waals surface area contributed by atoms with Crippen molar-refractivity contribution in [2.24, 2.45) is 4.99 Å². The molecule has 1 atom stereocenters. The Morgan fingerprint density at radius 2 is 1.86 bits per heavy atom. The van der Waals surface area contributed by atoms with E-state index in [1.165, 1.54) is 23.5 Å². The second kappa shape index (κ2) is 12.0. The van der Waals surface area contributed by atoms with E-state index in [9.17, 15) is 19.7 Å². The van der Waals surface area contributed by atoms with Crippen molar-refractivity contribution in [1.82, 2.24) is 9.47 Å². The van der Waals surface area contributed by atoms with Crippen LogP contribution in [0.25, 0.3) is 6.08 Å². The topological polar surface area (TPSA) is 110 Å². The molecular formula is C31H35N5O5S. The van der Waals surface area contributed by atoms with Crippen LogP contribution < -0.4 is 19.8 Å². The molecule has 5 rings (SSSR count). The third kappa shape index (κ3) is 5.66. The van der Waals surface area contributed by atoms with E-state index >= 15 is 0 Å². The molecule has 0 radical (unpaired) electrons. The molecule has 1 fully saturated rings. The molecule has 2 aromatic carbocycles. The van der Waals surface area contributed by atoms with Crippen LogP contribution in [0.15, 0.2) is 63.5 Å². The molecule has 0 bridgehead atoms. The summed E-state index contributed by atoms with van der Waals surface area (Å²) in [6.07, 6.45) is 1.72.